The molecule has 0 spiro atoms. The van der Waals surface area contributed by atoms with Gasteiger partial charge in [0.15, 0.2) is 0 Å². The summed E-state index contributed by atoms with van der Waals surface area (Å²) in [4.78, 5) is 29.8. The molecule has 4 heteroatoms. The number of nitrogens with zero attached hydrogens (tertiary/aromatic N) is 2. The molecule has 4 nitrogen and oxygen atoms in total. The predicted octanol–water partition coefficient (Wildman–Crippen LogP) is 4.13. The van der Waals surface area contributed by atoms with Crippen LogP contribution in [0.4, 0.5) is 0 Å². The van der Waals surface area contributed by atoms with E-state index in [4.69, 9.17) is 0 Å². The fourth-order valence-electron chi connectivity index (χ4n) is 4.46. The maximum atomic E-state index is 13.2. The van der Waals surface area contributed by atoms with E-state index in [1.807, 2.05) is 37.3 Å². The van der Waals surface area contributed by atoms with Crippen molar-refractivity contribution in [1.82, 2.24) is 9.80 Å². The van der Waals surface area contributed by atoms with E-state index in [0.29, 0.717) is 23.7 Å². The molecule has 0 saturated carbocycles. The van der Waals surface area contributed by atoms with Crippen LogP contribution in [-0.2, 0) is 16.0 Å². The van der Waals surface area contributed by atoms with Crippen molar-refractivity contribution >= 4 is 17.4 Å². The minimum Gasteiger partial charge on any atom is -0.366 e. The van der Waals surface area contributed by atoms with Crippen molar-refractivity contribution in [3.63, 3.8) is 0 Å². The van der Waals surface area contributed by atoms with Gasteiger partial charge in [0.1, 0.15) is 5.70 Å². The summed E-state index contributed by atoms with van der Waals surface area (Å²) in [6, 6.07) is 20.2. The molecule has 2 heterocycles. The minimum atomic E-state index is -0.149. The highest BCUT2D eigenvalue weighted by molar-refractivity contribution is 6.35. The van der Waals surface area contributed by atoms with Crippen molar-refractivity contribution < 1.29 is 9.59 Å². The second-order valence-electron chi connectivity index (χ2n) is 7.97. The lowest BCUT2D eigenvalue weighted by atomic mass is 9.89. The second-order valence-corrected chi connectivity index (χ2v) is 7.97. The summed E-state index contributed by atoms with van der Waals surface area (Å²) in [5.74, 6) is 0.343. The third-order valence-electron chi connectivity index (χ3n) is 5.95. The van der Waals surface area contributed by atoms with Crippen LogP contribution >= 0.6 is 0 Å². The van der Waals surface area contributed by atoms with Gasteiger partial charge in [0.25, 0.3) is 11.8 Å². The molecular weight excluding hydrogens is 360 g/mol. The Bertz CT molecular complexity index is 897. The van der Waals surface area contributed by atoms with Crippen LogP contribution in [0.2, 0.25) is 0 Å². The number of likely N-dealkylation sites (tertiary alicyclic amines) is 1. The highest BCUT2D eigenvalue weighted by Crippen LogP contribution is 2.34. The first kappa shape index (κ1) is 19.4. The summed E-state index contributed by atoms with van der Waals surface area (Å²) < 4.78 is 0. The number of piperidine rings is 1. The summed E-state index contributed by atoms with van der Waals surface area (Å²) >= 11 is 0. The topological polar surface area (TPSA) is 40.6 Å². The minimum absolute atomic E-state index is 0.128. The lowest BCUT2D eigenvalue weighted by molar-refractivity contribution is -0.137. The van der Waals surface area contributed by atoms with Gasteiger partial charge in [-0.1, -0.05) is 67.6 Å². The van der Waals surface area contributed by atoms with E-state index in [9.17, 15) is 9.59 Å². The van der Waals surface area contributed by atoms with Crippen LogP contribution in [0.1, 0.15) is 37.3 Å². The quantitative estimate of drug-likeness (QED) is 0.699. The van der Waals surface area contributed by atoms with Gasteiger partial charge in [-0.3, -0.25) is 14.5 Å². The normalized spacial score (nSPS) is 18.1. The van der Waals surface area contributed by atoms with E-state index in [0.717, 1.165) is 44.3 Å². The molecule has 0 atom stereocenters. The number of hydrogen-bond donors (Lipinski definition) is 0. The Morgan fingerprint density at radius 1 is 0.862 bits per heavy atom. The molecule has 150 valence electrons. The molecule has 2 amide bonds. The molecule has 0 aliphatic carbocycles. The largest absolute Gasteiger partial charge is 0.366 e. The van der Waals surface area contributed by atoms with E-state index < -0.39 is 0 Å². The first-order chi connectivity index (χ1) is 14.2. The van der Waals surface area contributed by atoms with Crippen molar-refractivity contribution in [2.75, 3.05) is 19.6 Å². The van der Waals surface area contributed by atoms with E-state index in [1.165, 1.54) is 10.5 Å². The zero-order chi connectivity index (χ0) is 20.2. The summed E-state index contributed by atoms with van der Waals surface area (Å²) in [6.45, 7) is 4.11. The molecule has 0 radical (unpaired) electrons. The lowest BCUT2D eigenvalue weighted by Gasteiger charge is -2.34. The zero-order valence-corrected chi connectivity index (χ0v) is 17.0. The van der Waals surface area contributed by atoms with Crippen molar-refractivity contribution in [2.45, 2.75) is 32.6 Å². The molecule has 2 aromatic carbocycles. The van der Waals surface area contributed by atoms with Crippen LogP contribution in [0.5, 0.6) is 0 Å². The Hall–Kier alpha value is -2.88. The molecule has 2 aliphatic heterocycles. The highest BCUT2D eigenvalue weighted by atomic mass is 16.2. The Morgan fingerprint density at radius 2 is 1.48 bits per heavy atom. The molecule has 0 N–H and O–H groups in total. The molecule has 1 fully saturated rings. The first-order valence-electron chi connectivity index (χ1n) is 10.6. The van der Waals surface area contributed by atoms with E-state index >= 15 is 0 Å². The van der Waals surface area contributed by atoms with Gasteiger partial charge in [0, 0.05) is 19.6 Å². The first-order valence-corrected chi connectivity index (χ1v) is 10.6. The van der Waals surface area contributed by atoms with Crippen molar-refractivity contribution in [2.24, 2.45) is 5.92 Å². The van der Waals surface area contributed by atoms with Crippen molar-refractivity contribution in [3.8, 4) is 0 Å². The monoisotopic (exact) mass is 388 g/mol. The van der Waals surface area contributed by atoms with E-state index in [1.54, 1.807) is 0 Å². The molecule has 2 aromatic rings. The average Bonchev–Trinajstić information content (AvgIpc) is 3.01. The molecular formula is C25H28N2O2. The Kier molecular flexibility index (Phi) is 5.79. The SMILES string of the molecule is CCCN1C(=O)C(c2ccccc2)=C(N2CCC(Cc3ccccc3)CC2)C1=O. The number of rotatable bonds is 6. The molecule has 0 unspecified atom stereocenters. The summed E-state index contributed by atoms with van der Waals surface area (Å²) in [7, 11) is 0. The smallest absolute Gasteiger partial charge is 0.277 e. The number of benzene rings is 2. The molecule has 29 heavy (non-hydrogen) atoms. The standard InChI is InChI=1S/C25H28N2O2/c1-2-15-27-24(28)22(21-11-7-4-8-12-21)23(25(27)29)26-16-13-20(14-17-26)18-19-9-5-3-6-10-19/h3-12,20H,2,13-18H2,1H3. The van der Waals surface area contributed by atoms with Crippen molar-refractivity contribution in [3.05, 3.63) is 77.5 Å². The molecule has 0 aromatic heterocycles. The summed E-state index contributed by atoms with van der Waals surface area (Å²) in [5, 5.41) is 0. The maximum absolute atomic E-state index is 13.2. The van der Waals surface area contributed by atoms with E-state index in [2.05, 4.69) is 35.2 Å². The Morgan fingerprint density at radius 3 is 2.10 bits per heavy atom. The van der Waals surface area contributed by atoms with Crippen LogP contribution < -0.4 is 0 Å². The summed E-state index contributed by atoms with van der Waals surface area (Å²) in [6.07, 6.45) is 3.92. The number of amides is 2. The van der Waals surface area contributed by atoms with Crippen LogP contribution in [0, 0.1) is 5.92 Å². The van der Waals surface area contributed by atoms with Crippen LogP contribution in [0.15, 0.2) is 66.4 Å². The van der Waals surface area contributed by atoms with Gasteiger partial charge in [0.05, 0.1) is 5.57 Å². The predicted molar refractivity (Wildman–Crippen MR) is 115 cm³/mol. The molecule has 4 rings (SSSR count). The number of imide groups is 1. The number of carbonyl (C=O) groups is 2. The number of carbonyl (C=O) groups excluding carboxylic acids is 2. The van der Waals surface area contributed by atoms with Crippen LogP contribution in [0.3, 0.4) is 0 Å². The Labute approximate surface area is 172 Å². The zero-order valence-electron chi connectivity index (χ0n) is 17.0. The van der Waals surface area contributed by atoms with Gasteiger partial charge in [-0.25, -0.2) is 0 Å². The van der Waals surface area contributed by atoms with E-state index in [-0.39, 0.29) is 11.8 Å². The molecule has 0 bridgehead atoms. The van der Waals surface area contributed by atoms with Gasteiger partial charge in [0.2, 0.25) is 0 Å². The second kappa shape index (κ2) is 8.64. The van der Waals surface area contributed by atoms with Gasteiger partial charge in [-0.15, -0.1) is 0 Å². The van der Waals surface area contributed by atoms with Gasteiger partial charge in [-0.05, 0) is 42.7 Å². The molecule has 2 aliphatic rings. The maximum Gasteiger partial charge on any atom is 0.277 e. The van der Waals surface area contributed by atoms with Gasteiger partial charge >= 0.3 is 0 Å². The highest BCUT2D eigenvalue weighted by Gasteiger charge is 2.41. The lowest BCUT2D eigenvalue weighted by Crippen LogP contribution is -2.39. The fourth-order valence-corrected chi connectivity index (χ4v) is 4.46. The summed E-state index contributed by atoms with van der Waals surface area (Å²) in [5.41, 5.74) is 3.39. The Balaban J connectivity index is 1.55. The number of hydrogen-bond acceptors (Lipinski definition) is 3. The third-order valence-corrected chi connectivity index (χ3v) is 5.95. The van der Waals surface area contributed by atoms with Crippen molar-refractivity contribution in [1.29, 1.82) is 0 Å². The third kappa shape index (κ3) is 3.98. The van der Waals surface area contributed by atoms with Gasteiger partial charge < -0.3 is 4.90 Å². The van der Waals surface area contributed by atoms with Crippen LogP contribution in [-0.4, -0.2) is 41.2 Å². The van der Waals surface area contributed by atoms with Crippen LogP contribution in [0.25, 0.3) is 5.57 Å². The average molecular weight is 389 g/mol. The van der Waals surface area contributed by atoms with Gasteiger partial charge in [-0.2, -0.15) is 0 Å². The molecule has 1 saturated heterocycles. The fraction of sp³-hybridized carbons (Fsp3) is 0.360.